The van der Waals surface area contributed by atoms with Gasteiger partial charge in [-0.2, -0.15) is 0 Å². The number of carbonyl (C=O) groups is 1. The smallest absolute Gasteiger partial charge is 0.411 e. The monoisotopic (exact) mass is 414 g/mol. The van der Waals surface area contributed by atoms with E-state index in [-0.39, 0.29) is 12.3 Å². The van der Waals surface area contributed by atoms with Gasteiger partial charge in [0.1, 0.15) is 11.6 Å². The zero-order valence-corrected chi connectivity index (χ0v) is 16.2. The van der Waals surface area contributed by atoms with Gasteiger partial charge in [0, 0.05) is 23.5 Å². The van der Waals surface area contributed by atoms with E-state index in [1.807, 2.05) is 6.92 Å². The molecule has 0 aliphatic heterocycles. The van der Waals surface area contributed by atoms with Crippen LogP contribution in [-0.2, 0) is 4.74 Å². The number of hydrogen-bond acceptors (Lipinski definition) is 4. The summed E-state index contributed by atoms with van der Waals surface area (Å²) in [5, 5.41) is 2.57. The van der Waals surface area contributed by atoms with Gasteiger partial charge >= 0.3 is 6.09 Å². The van der Waals surface area contributed by atoms with Gasteiger partial charge in [0.25, 0.3) is 5.56 Å². The molecule has 0 saturated heterocycles. The molecule has 0 unspecified atom stereocenters. The first kappa shape index (κ1) is 21.0. The van der Waals surface area contributed by atoms with E-state index in [4.69, 9.17) is 9.47 Å². The Morgan fingerprint density at radius 3 is 2.43 bits per heavy atom. The molecular weight excluding hydrogens is 394 g/mol. The van der Waals surface area contributed by atoms with Crippen LogP contribution in [0.3, 0.4) is 0 Å². The zero-order chi connectivity index (χ0) is 21.5. The Labute approximate surface area is 171 Å². The first-order valence-electron chi connectivity index (χ1n) is 9.27. The third kappa shape index (κ3) is 5.02. The van der Waals surface area contributed by atoms with Gasteiger partial charge in [0.15, 0.2) is 0 Å². The van der Waals surface area contributed by atoms with Crippen molar-refractivity contribution in [1.29, 1.82) is 0 Å². The third-order valence-electron chi connectivity index (χ3n) is 4.22. The van der Waals surface area contributed by atoms with Crippen molar-refractivity contribution in [2.24, 2.45) is 0 Å². The molecule has 1 aromatic heterocycles. The van der Waals surface area contributed by atoms with E-state index in [2.05, 4.69) is 5.32 Å². The van der Waals surface area contributed by atoms with E-state index in [9.17, 15) is 18.4 Å². The highest BCUT2D eigenvalue weighted by atomic mass is 19.1. The molecule has 2 aromatic carbocycles. The van der Waals surface area contributed by atoms with Crippen LogP contribution >= 0.6 is 0 Å². The minimum atomic E-state index is -0.956. The Bertz CT molecular complexity index is 1060. The van der Waals surface area contributed by atoms with Crippen LogP contribution in [0.5, 0.6) is 5.75 Å². The number of aromatic nitrogens is 1. The molecule has 1 amide bonds. The lowest BCUT2D eigenvalue weighted by Gasteiger charge is -2.15. The Morgan fingerprint density at radius 1 is 1.10 bits per heavy atom. The Kier molecular flexibility index (Phi) is 6.79. The molecule has 6 nitrogen and oxygen atoms in total. The molecule has 3 aromatic rings. The van der Waals surface area contributed by atoms with E-state index >= 15 is 0 Å². The van der Waals surface area contributed by atoms with Crippen molar-refractivity contribution in [2.45, 2.75) is 13.3 Å². The van der Waals surface area contributed by atoms with Crippen LogP contribution in [0.25, 0.3) is 16.8 Å². The molecule has 0 spiro atoms. The zero-order valence-electron chi connectivity index (χ0n) is 16.2. The number of carbonyl (C=O) groups excluding carboxylic acids is 1. The van der Waals surface area contributed by atoms with Gasteiger partial charge in [-0.3, -0.25) is 14.7 Å². The molecule has 1 N–H and O–H groups in total. The van der Waals surface area contributed by atoms with Gasteiger partial charge in [-0.15, -0.1) is 0 Å². The molecule has 0 bridgehead atoms. The Balaban J connectivity index is 2.05. The maximum Gasteiger partial charge on any atom is 0.411 e. The molecule has 0 radical (unpaired) electrons. The molecule has 30 heavy (non-hydrogen) atoms. The van der Waals surface area contributed by atoms with Gasteiger partial charge in [-0.05, 0) is 48.4 Å². The fourth-order valence-electron chi connectivity index (χ4n) is 2.80. The summed E-state index contributed by atoms with van der Waals surface area (Å²) in [6.45, 7) is 1.15. The number of rotatable bonds is 7. The third-order valence-corrected chi connectivity index (χ3v) is 4.22. The minimum absolute atomic E-state index is 0.237. The molecule has 0 aliphatic rings. The summed E-state index contributed by atoms with van der Waals surface area (Å²) in [6, 6.07) is 13.2. The van der Waals surface area contributed by atoms with Gasteiger partial charge in [0.05, 0.1) is 12.3 Å². The molecule has 0 saturated carbocycles. The minimum Gasteiger partial charge on any atom is -0.463 e. The molecular formula is C22H20F2N2O4. The highest BCUT2D eigenvalue weighted by molar-refractivity contribution is 5.91. The second-order valence-electron chi connectivity index (χ2n) is 6.32. The Morgan fingerprint density at radius 2 is 1.80 bits per heavy atom. The van der Waals surface area contributed by atoms with Crippen molar-refractivity contribution in [3.8, 4) is 22.6 Å². The summed E-state index contributed by atoms with van der Waals surface area (Å²) < 4.78 is 36.9. The van der Waals surface area contributed by atoms with Crippen LogP contribution in [0, 0.1) is 5.82 Å². The summed E-state index contributed by atoms with van der Waals surface area (Å²) in [7, 11) is 0. The van der Waals surface area contributed by atoms with E-state index in [0.29, 0.717) is 29.0 Å². The van der Waals surface area contributed by atoms with Crippen molar-refractivity contribution in [2.75, 3.05) is 18.8 Å². The van der Waals surface area contributed by atoms with Crippen LogP contribution in [0.2, 0.25) is 0 Å². The van der Waals surface area contributed by atoms with E-state index in [1.54, 1.807) is 24.3 Å². The van der Waals surface area contributed by atoms with Crippen molar-refractivity contribution in [1.82, 2.24) is 4.57 Å². The average Bonchev–Trinajstić information content (AvgIpc) is 2.74. The van der Waals surface area contributed by atoms with Crippen LogP contribution in [0.15, 0.2) is 65.6 Å². The van der Waals surface area contributed by atoms with Gasteiger partial charge in [0.2, 0.25) is 6.86 Å². The number of benzene rings is 2. The number of hydrogen-bond donors (Lipinski definition) is 1. The lowest BCUT2D eigenvalue weighted by atomic mass is 10.1. The summed E-state index contributed by atoms with van der Waals surface area (Å²) >= 11 is 0. The van der Waals surface area contributed by atoms with E-state index in [0.717, 1.165) is 0 Å². The van der Waals surface area contributed by atoms with Crippen molar-refractivity contribution in [3.05, 3.63) is 77.0 Å². The number of pyridine rings is 1. The average molecular weight is 414 g/mol. The second-order valence-corrected chi connectivity index (χ2v) is 6.32. The van der Waals surface area contributed by atoms with Crippen LogP contribution in [0.4, 0.5) is 19.3 Å². The number of alkyl halides is 1. The Hall–Kier alpha value is -3.68. The standard InChI is InChI=1S/C22H20F2N2O4/c1-2-11-29-22(28)25-20-12-21(27)26(17-7-9-18(10-8-17)30-14-23)13-19(20)15-3-5-16(24)6-4-15/h3-10,12-13H,2,11,14H2,1H3,(H,25,28). The summed E-state index contributed by atoms with van der Waals surface area (Å²) in [4.78, 5) is 24.7. The quantitative estimate of drug-likeness (QED) is 0.597. The lowest BCUT2D eigenvalue weighted by molar-refractivity contribution is 0.161. The number of ether oxygens (including phenoxy) is 2. The molecule has 0 aliphatic carbocycles. The molecule has 156 valence electrons. The molecule has 1 heterocycles. The summed E-state index contributed by atoms with van der Waals surface area (Å²) in [5.41, 5.74) is 1.42. The topological polar surface area (TPSA) is 69.6 Å². The van der Waals surface area contributed by atoms with Gasteiger partial charge < -0.3 is 9.47 Å². The number of anilines is 1. The van der Waals surface area contributed by atoms with Gasteiger partial charge in [-0.1, -0.05) is 19.1 Å². The fraction of sp³-hybridized carbons (Fsp3) is 0.182. The first-order chi connectivity index (χ1) is 14.5. The van der Waals surface area contributed by atoms with Crippen LogP contribution in [0.1, 0.15) is 13.3 Å². The summed E-state index contributed by atoms with van der Waals surface area (Å²) in [6.07, 6.45) is 1.50. The number of nitrogens with one attached hydrogen (secondary N) is 1. The first-order valence-corrected chi connectivity index (χ1v) is 9.27. The maximum absolute atomic E-state index is 13.4. The predicted molar refractivity (Wildman–Crippen MR) is 109 cm³/mol. The van der Waals surface area contributed by atoms with Crippen molar-refractivity contribution < 1.29 is 23.0 Å². The van der Waals surface area contributed by atoms with Gasteiger partial charge in [-0.25, -0.2) is 13.6 Å². The molecule has 3 rings (SSSR count). The fourth-order valence-corrected chi connectivity index (χ4v) is 2.80. The molecule has 0 fully saturated rings. The number of halogens is 2. The van der Waals surface area contributed by atoms with Crippen molar-refractivity contribution in [3.63, 3.8) is 0 Å². The normalized spacial score (nSPS) is 10.5. The second kappa shape index (κ2) is 9.69. The van der Waals surface area contributed by atoms with Crippen LogP contribution in [-0.4, -0.2) is 24.1 Å². The maximum atomic E-state index is 13.4. The SMILES string of the molecule is CCCOC(=O)Nc1cc(=O)n(-c2ccc(OCF)cc2)cc1-c1ccc(F)cc1. The van der Waals surface area contributed by atoms with E-state index < -0.39 is 24.3 Å². The predicted octanol–water partition coefficient (Wildman–Crippen LogP) is 4.91. The lowest BCUT2D eigenvalue weighted by Crippen LogP contribution is -2.21. The number of nitrogens with zero attached hydrogens (tertiary/aromatic N) is 1. The number of amides is 1. The summed E-state index contributed by atoms with van der Waals surface area (Å²) in [5.74, 6) is -0.0857. The highest BCUT2D eigenvalue weighted by Gasteiger charge is 2.14. The van der Waals surface area contributed by atoms with Crippen molar-refractivity contribution >= 4 is 11.8 Å². The largest absolute Gasteiger partial charge is 0.463 e. The molecule has 0 atom stereocenters. The van der Waals surface area contributed by atoms with Crippen LogP contribution < -0.4 is 15.6 Å². The highest BCUT2D eigenvalue weighted by Crippen LogP contribution is 2.28. The van der Waals surface area contributed by atoms with E-state index in [1.165, 1.54) is 41.1 Å². The molecule has 8 heteroatoms.